The van der Waals surface area contributed by atoms with Gasteiger partial charge in [-0.1, -0.05) is 24.6 Å². The highest BCUT2D eigenvalue weighted by Crippen LogP contribution is 2.39. The number of benzene rings is 1. The van der Waals surface area contributed by atoms with E-state index in [0.29, 0.717) is 50.8 Å². The molecule has 1 aromatic rings. The molecule has 1 aromatic carbocycles. The Labute approximate surface area is 183 Å². The standard InChI is InChI=1S/C23H35NO7/c1-16(25)24(14-23(29)30)12-6-5-9-19-20(22(28)13-21(19)27)11-10-17(26)15-31-18-7-3-2-4-8-18/h2-4,7-8,17,19-22,26-28H,5-6,9-15H2,1H3,(H,29,30)/t17-,19-,20-,21+,22-/m1/s1. The van der Waals surface area contributed by atoms with Crippen LogP contribution in [0.4, 0.5) is 0 Å². The first-order valence-corrected chi connectivity index (χ1v) is 11.0. The lowest BCUT2D eigenvalue weighted by molar-refractivity contribution is -0.143. The molecule has 2 rings (SSSR count). The first-order valence-electron chi connectivity index (χ1n) is 11.0. The minimum Gasteiger partial charge on any atom is -0.491 e. The van der Waals surface area contributed by atoms with Crippen LogP contribution in [0.1, 0.15) is 45.4 Å². The number of carboxylic acid groups (broad SMARTS) is 1. The molecule has 0 aliphatic heterocycles. The number of aliphatic hydroxyl groups is 3. The Morgan fingerprint density at radius 2 is 1.74 bits per heavy atom. The lowest BCUT2D eigenvalue weighted by atomic mass is 9.85. The third-order valence-electron chi connectivity index (χ3n) is 6.03. The van der Waals surface area contributed by atoms with E-state index in [-0.39, 0.29) is 30.9 Å². The monoisotopic (exact) mass is 437 g/mol. The predicted molar refractivity (Wildman–Crippen MR) is 115 cm³/mol. The Bertz CT molecular complexity index is 684. The van der Waals surface area contributed by atoms with Gasteiger partial charge in [0.25, 0.3) is 0 Å². The highest BCUT2D eigenvalue weighted by atomic mass is 16.5. The van der Waals surface area contributed by atoms with E-state index in [9.17, 15) is 24.9 Å². The van der Waals surface area contributed by atoms with E-state index >= 15 is 0 Å². The average Bonchev–Trinajstić information content (AvgIpc) is 2.99. The molecule has 0 spiro atoms. The van der Waals surface area contributed by atoms with Crippen LogP contribution in [0.25, 0.3) is 0 Å². The number of carboxylic acids is 1. The van der Waals surface area contributed by atoms with Crippen LogP contribution in [0.3, 0.4) is 0 Å². The first kappa shape index (κ1) is 25.1. The van der Waals surface area contributed by atoms with Crippen molar-refractivity contribution in [3.05, 3.63) is 30.3 Å². The number of aliphatic hydroxyl groups excluding tert-OH is 3. The molecule has 0 unspecified atom stereocenters. The molecule has 31 heavy (non-hydrogen) atoms. The van der Waals surface area contributed by atoms with Gasteiger partial charge < -0.3 is 30.1 Å². The zero-order valence-electron chi connectivity index (χ0n) is 18.1. The minimum atomic E-state index is -1.04. The van der Waals surface area contributed by atoms with E-state index in [2.05, 4.69) is 0 Å². The van der Waals surface area contributed by atoms with Crippen molar-refractivity contribution in [2.24, 2.45) is 11.8 Å². The summed E-state index contributed by atoms with van der Waals surface area (Å²) in [6.45, 7) is 1.56. The summed E-state index contributed by atoms with van der Waals surface area (Å²) in [5, 5.41) is 39.9. The SMILES string of the molecule is CC(=O)N(CCCC[C@@H]1[C@@H](CC[C@@H](O)COc2ccccc2)[C@H](O)C[C@@H]1O)CC(=O)O. The maximum atomic E-state index is 11.5. The molecule has 0 bridgehead atoms. The van der Waals surface area contributed by atoms with Gasteiger partial charge in [0.05, 0.1) is 18.3 Å². The Balaban J connectivity index is 1.75. The second-order valence-electron chi connectivity index (χ2n) is 8.38. The molecular formula is C23H35NO7. The fourth-order valence-electron chi connectivity index (χ4n) is 4.35. The average molecular weight is 438 g/mol. The van der Waals surface area contributed by atoms with Crippen molar-refractivity contribution in [2.75, 3.05) is 19.7 Å². The van der Waals surface area contributed by atoms with E-state index in [0.717, 1.165) is 0 Å². The molecule has 8 nitrogen and oxygen atoms in total. The zero-order chi connectivity index (χ0) is 22.8. The molecule has 0 radical (unpaired) electrons. The van der Waals surface area contributed by atoms with Crippen LogP contribution < -0.4 is 4.74 Å². The molecule has 0 saturated heterocycles. The quantitative estimate of drug-likeness (QED) is 0.346. The summed E-state index contributed by atoms with van der Waals surface area (Å²) in [5.74, 6) is -0.812. The summed E-state index contributed by atoms with van der Waals surface area (Å²) in [5.41, 5.74) is 0. The van der Waals surface area contributed by atoms with Crippen molar-refractivity contribution in [3.63, 3.8) is 0 Å². The van der Waals surface area contributed by atoms with Crippen LogP contribution in [0.5, 0.6) is 5.75 Å². The molecule has 1 aliphatic rings. The lowest BCUT2D eigenvalue weighted by Gasteiger charge is -2.25. The Morgan fingerprint density at radius 3 is 2.35 bits per heavy atom. The van der Waals surface area contributed by atoms with E-state index in [1.807, 2.05) is 30.3 Å². The topological polar surface area (TPSA) is 128 Å². The first-order chi connectivity index (χ1) is 14.8. The van der Waals surface area contributed by atoms with E-state index < -0.39 is 24.3 Å². The second kappa shape index (κ2) is 12.6. The highest BCUT2D eigenvalue weighted by Gasteiger charge is 2.40. The number of rotatable bonds is 13. The molecule has 1 saturated carbocycles. The number of amides is 1. The summed E-state index contributed by atoms with van der Waals surface area (Å²) in [7, 11) is 0. The van der Waals surface area contributed by atoms with Gasteiger partial charge in [-0.3, -0.25) is 9.59 Å². The van der Waals surface area contributed by atoms with Crippen molar-refractivity contribution in [3.8, 4) is 5.75 Å². The summed E-state index contributed by atoms with van der Waals surface area (Å²) in [6.07, 6.45) is 1.54. The molecule has 4 N–H and O–H groups in total. The largest absolute Gasteiger partial charge is 0.491 e. The predicted octanol–water partition coefficient (Wildman–Crippen LogP) is 1.67. The van der Waals surface area contributed by atoms with Gasteiger partial charge in [0.2, 0.25) is 5.91 Å². The third kappa shape index (κ3) is 8.47. The van der Waals surface area contributed by atoms with Gasteiger partial charge in [0.1, 0.15) is 18.9 Å². The van der Waals surface area contributed by atoms with Crippen LogP contribution in [0, 0.1) is 11.8 Å². The summed E-state index contributed by atoms with van der Waals surface area (Å²) < 4.78 is 5.57. The number of carbonyl (C=O) groups is 2. The fraction of sp³-hybridized carbons (Fsp3) is 0.652. The van der Waals surface area contributed by atoms with Crippen molar-refractivity contribution >= 4 is 11.9 Å². The second-order valence-corrected chi connectivity index (χ2v) is 8.38. The number of unbranched alkanes of at least 4 members (excludes halogenated alkanes) is 1. The maximum absolute atomic E-state index is 11.5. The normalized spacial score (nSPS) is 24.0. The van der Waals surface area contributed by atoms with Crippen LogP contribution in [0.2, 0.25) is 0 Å². The van der Waals surface area contributed by atoms with Gasteiger partial charge in [-0.2, -0.15) is 0 Å². The molecule has 8 heteroatoms. The Kier molecular flexibility index (Phi) is 10.2. The van der Waals surface area contributed by atoms with Crippen LogP contribution in [-0.4, -0.2) is 75.2 Å². The number of para-hydroxylation sites is 1. The van der Waals surface area contributed by atoms with Gasteiger partial charge in [0, 0.05) is 13.5 Å². The van der Waals surface area contributed by atoms with Crippen molar-refractivity contribution in [1.29, 1.82) is 0 Å². The van der Waals surface area contributed by atoms with E-state index in [1.165, 1.54) is 11.8 Å². The smallest absolute Gasteiger partial charge is 0.323 e. The Morgan fingerprint density at radius 1 is 1.10 bits per heavy atom. The number of aliphatic carboxylic acids is 1. The number of carbonyl (C=O) groups excluding carboxylic acids is 1. The Hall–Kier alpha value is -2.16. The van der Waals surface area contributed by atoms with Crippen LogP contribution >= 0.6 is 0 Å². The highest BCUT2D eigenvalue weighted by molar-refractivity contribution is 5.79. The molecule has 0 aromatic heterocycles. The number of hydrogen-bond donors (Lipinski definition) is 4. The molecule has 0 heterocycles. The lowest BCUT2D eigenvalue weighted by Crippen LogP contribution is -2.34. The van der Waals surface area contributed by atoms with Gasteiger partial charge in [0.15, 0.2) is 0 Å². The van der Waals surface area contributed by atoms with Crippen molar-refractivity contribution < 1.29 is 34.8 Å². The summed E-state index contributed by atoms with van der Waals surface area (Å²) >= 11 is 0. The van der Waals surface area contributed by atoms with Crippen LogP contribution in [-0.2, 0) is 9.59 Å². The van der Waals surface area contributed by atoms with E-state index in [1.54, 1.807) is 0 Å². The number of hydrogen-bond acceptors (Lipinski definition) is 6. The van der Waals surface area contributed by atoms with E-state index in [4.69, 9.17) is 9.84 Å². The molecular weight excluding hydrogens is 402 g/mol. The number of ether oxygens (including phenoxy) is 1. The van der Waals surface area contributed by atoms with Gasteiger partial charge in [-0.05, 0) is 56.1 Å². The summed E-state index contributed by atoms with van der Waals surface area (Å²) in [6, 6.07) is 9.26. The zero-order valence-corrected chi connectivity index (χ0v) is 18.1. The van der Waals surface area contributed by atoms with Gasteiger partial charge in [-0.15, -0.1) is 0 Å². The number of nitrogens with zero attached hydrogens (tertiary/aromatic N) is 1. The molecule has 174 valence electrons. The molecule has 5 atom stereocenters. The summed E-state index contributed by atoms with van der Waals surface area (Å²) in [4.78, 5) is 23.7. The fourth-order valence-corrected chi connectivity index (χ4v) is 4.35. The van der Waals surface area contributed by atoms with Crippen LogP contribution in [0.15, 0.2) is 30.3 Å². The minimum absolute atomic E-state index is 0.0810. The van der Waals surface area contributed by atoms with Crippen molar-refractivity contribution in [1.82, 2.24) is 4.90 Å². The molecule has 1 aliphatic carbocycles. The van der Waals surface area contributed by atoms with Gasteiger partial charge in [-0.25, -0.2) is 0 Å². The molecule has 1 amide bonds. The third-order valence-corrected chi connectivity index (χ3v) is 6.03. The van der Waals surface area contributed by atoms with Gasteiger partial charge >= 0.3 is 5.97 Å². The maximum Gasteiger partial charge on any atom is 0.323 e. The van der Waals surface area contributed by atoms with Crippen molar-refractivity contribution in [2.45, 2.75) is 63.8 Å². The molecule has 1 fully saturated rings.